The lowest BCUT2D eigenvalue weighted by Gasteiger charge is -2.14. The standard InChI is InChI=1S/C13H17BrO3S/c1-3-16-12-8-10(9-15)7-11(14)13(12)17-5-4-6-18-2/h7-9H,3-6H2,1-2H3. The predicted molar refractivity (Wildman–Crippen MR) is 79.2 cm³/mol. The molecule has 0 spiro atoms. The number of aldehydes is 1. The number of ether oxygens (including phenoxy) is 2. The van der Waals surface area contributed by atoms with Crippen molar-refractivity contribution in [1.29, 1.82) is 0 Å². The van der Waals surface area contributed by atoms with Crippen LogP contribution < -0.4 is 9.47 Å². The van der Waals surface area contributed by atoms with Crippen molar-refractivity contribution in [3.8, 4) is 11.5 Å². The van der Waals surface area contributed by atoms with E-state index in [1.165, 1.54) is 0 Å². The molecule has 1 rings (SSSR count). The number of halogens is 1. The van der Waals surface area contributed by atoms with Gasteiger partial charge in [0.2, 0.25) is 0 Å². The normalized spacial score (nSPS) is 10.2. The van der Waals surface area contributed by atoms with E-state index in [-0.39, 0.29) is 0 Å². The SMILES string of the molecule is CCOc1cc(C=O)cc(Br)c1OCCCSC. The molecule has 0 aliphatic carbocycles. The number of rotatable bonds is 8. The first kappa shape index (κ1) is 15.4. The molecule has 0 aliphatic heterocycles. The van der Waals surface area contributed by atoms with Gasteiger partial charge in [0.1, 0.15) is 6.29 Å². The molecule has 100 valence electrons. The van der Waals surface area contributed by atoms with E-state index in [9.17, 15) is 4.79 Å². The zero-order chi connectivity index (χ0) is 13.4. The fraction of sp³-hybridized carbons (Fsp3) is 0.462. The highest BCUT2D eigenvalue weighted by Crippen LogP contribution is 2.36. The molecule has 0 saturated carbocycles. The Bertz CT molecular complexity index is 396. The van der Waals surface area contributed by atoms with E-state index < -0.39 is 0 Å². The number of hydrogen-bond acceptors (Lipinski definition) is 4. The van der Waals surface area contributed by atoms with Crippen molar-refractivity contribution in [2.24, 2.45) is 0 Å². The minimum absolute atomic E-state index is 0.538. The summed E-state index contributed by atoms with van der Waals surface area (Å²) in [6.45, 7) is 3.08. The van der Waals surface area contributed by atoms with Gasteiger partial charge in [0.05, 0.1) is 17.7 Å². The molecule has 0 aliphatic rings. The summed E-state index contributed by atoms with van der Waals surface area (Å²) in [6, 6.07) is 3.44. The fourth-order valence-electron chi connectivity index (χ4n) is 1.44. The molecule has 1 aromatic carbocycles. The third-order valence-electron chi connectivity index (χ3n) is 2.21. The van der Waals surface area contributed by atoms with Crippen molar-refractivity contribution in [2.75, 3.05) is 25.2 Å². The molecule has 0 bridgehead atoms. The third-order valence-corrected chi connectivity index (χ3v) is 3.49. The van der Waals surface area contributed by atoms with E-state index >= 15 is 0 Å². The van der Waals surface area contributed by atoms with Crippen LogP contribution in [0, 0.1) is 0 Å². The van der Waals surface area contributed by atoms with Gasteiger partial charge in [0, 0.05) is 5.56 Å². The zero-order valence-electron chi connectivity index (χ0n) is 10.6. The lowest BCUT2D eigenvalue weighted by Crippen LogP contribution is -2.03. The molecule has 1 aromatic rings. The molecule has 18 heavy (non-hydrogen) atoms. The van der Waals surface area contributed by atoms with Crippen LogP contribution in [-0.2, 0) is 0 Å². The average molecular weight is 333 g/mol. The van der Waals surface area contributed by atoms with Crippen molar-refractivity contribution >= 4 is 34.0 Å². The van der Waals surface area contributed by atoms with E-state index in [1.807, 2.05) is 6.92 Å². The second kappa shape index (κ2) is 8.43. The van der Waals surface area contributed by atoms with Crippen LogP contribution in [0.2, 0.25) is 0 Å². The molecule has 0 heterocycles. The van der Waals surface area contributed by atoms with Crippen molar-refractivity contribution in [1.82, 2.24) is 0 Å². The molecule has 5 heteroatoms. The number of hydrogen-bond donors (Lipinski definition) is 0. The van der Waals surface area contributed by atoms with Gasteiger partial charge >= 0.3 is 0 Å². The molecular formula is C13H17BrO3S. The van der Waals surface area contributed by atoms with E-state index in [0.717, 1.165) is 22.9 Å². The van der Waals surface area contributed by atoms with Gasteiger partial charge in [0.15, 0.2) is 11.5 Å². The lowest BCUT2D eigenvalue weighted by atomic mass is 10.2. The van der Waals surface area contributed by atoms with Crippen LogP contribution in [0.3, 0.4) is 0 Å². The van der Waals surface area contributed by atoms with Crippen LogP contribution in [0.15, 0.2) is 16.6 Å². The number of thioether (sulfide) groups is 1. The fourth-order valence-corrected chi connectivity index (χ4v) is 2.42. The van der Waals surface area contributed by atoms with Crippen molar-refractivity contribution < 1.29 is 14.3 Å². The molecule has 0 fully saturated rings. The first-order valence-corrected chi connectivity index (χ1v) is 7.94. The Kier molecular flexibility index (Phi) is 7.20. The zero-order valence-corrected chi connectivity index (χ0v) is 13.0. The van der Waals surface area contributed by atoms with E-state index in [1.54, 1.807) is 23.9 Å². The Morgan fingerprint density at radius 2 is 2.17 bits per heavy atom. The molecule has 0 unspecified atom stereocenters. The van der Waals surface area contributed by atoms with Crippen molar-refractivity contribution in [3.63, 3.8) is 0 Å². The van der Waals surface area contributed by atoms with Crippen molar-refractivity contribution in [2.45, 2.75) is 13.3 Å². The van der Waals surface area contributed by atoms with Gasteiger partial charge in [-0.1, -0.05) is 0 Å². The maximum atomic E-state index is 10.8. The number of carbonyl (C=O) groups excluding carboxylic acids is 1. The molecule has 3 nitrogen and oxygen atoms in total. The van der Waals surface area contributed by atoms with Crippen LogP contribution in [0.4, 0.5) is 0 Å². The molecule has 0 N–H and O–H groups in total. The predicted octanol–water partition coefficient (Wildman–Crippen LogP) is 3.79. The summed E-state index contributed by atoms with van der Waals surface area (Å²) in [5, 5.41) is 0. The maximum absolute atomic E-state index is 10.8. The average Bonchev–Trinajstić information content (AvgIpc) is 2.37. The molecule has 0 saturated heterocycles. The summed E-state index contributed by atoms with van der Waals surface area (Å²) in [6.07, 6.45) is 3.85. The second-order valence-electron chi connectivity index (χ2n) is 3.58. The van der Waals surface area contributed by atoms with Crippen LogP contribution in [0.1, 0.15) is 23.7 Å². The topological polar surface area (TPSA) is 35.5 Å². The minimum Gasteiger partial charge on any atom is -0.490 e. The van der Waals surface area contributed by atoms with Gasteiger partial charge in [-0.3, -0.25) is 4.79 Å². The Hall–Kier alpha value is -0.680. The summed E-state index contributed by atoms with van der Waals surface area (Å²) in [5.41, 5.74) is 0.571. The van der Waals surface area contributed by atoms with Gasteiger partial charge in [-0.05, 0) is 53.4 Å². The van der Waals surface area contributed by atoms with Crippen molar-refractivity contribution in [3.05, 3.63) is 22.2 Å². The highest BCUT2D eigenvalue weighted by molar-refractivity contribution is 9.10. The molecule has 0 atom stereocenters. The van der Waals surface area contributed by atoms with Gasteiger partial charge < -0.3 is 9.47 Å². The van der Waals surface area contributed by atoms with Gasteiger partial charge in [-0.2, -0.15) is 11.8 Å². The lowest BCUT2D eigenvalue weighted by molar-refractivity contribution is 0.112. The van der Waals surface area contributed by atoms with Gasteiger partial charge in [0.25, 0.3) is 0 Å². The summed E-state index contributed by atoms with van der Waals surface area (Å²) in [7, 11) is 0. The van der Waals surface area contributed by atoms with Gasteiger partial charge in [-0.15, -0.1) is 0 Å². The van der Waals surface area contributed by atoms with E-state index in [4.69, 9.17) is 9.47 Å². The van der Waals surface area contributed by atoms with Crippen LogP contribution in [-0.4, -0.2) is 31.5 Å². The molecule has 0 amide bonds. The van der Waals surface area contributed by atoms with E-state index in [0.29, 0.717) is 30.3 Å². The highest BCUT2D eigenvalue weighted by atomic mass is 79.9. The molecule has 0 radical (unpaired) electrons. The summed E-state index contributed by atoms with van der Waals surface area (Å²) < 4.78 is 12.0. The number of carbonyl (C=O) groups is 1. The monoisotopic (exact) mass is 332 g/mol. The Morgan fingerprint density at radius 1 is 1.39 bits per heavy atom. The van der Waals surface area contributed by atoms with Crippen LogP contribution in [0.5, 0.6) is 11.5 Å². The van der Waals surface area contributed by atoms with Crippen LogP contribution in [0.25, 0.3) is 0 Å². The molecule has 0 aromatic heterocycles. The summed E-state index contributed by atoms with van der Waals surface area (Å²) >= 11 is 5.20. The maximum Gasteiger partial charge on any atom is 0.175 e. The summed E-state index contributed by atoms with van der Waals surface area (Å²) in [5.74, 6) is 2.34. The Balaban J connectivity index is 2.82. The highest BCUT2D eigenvalue weighted by Gasteiger charge is 2.11. The second-order valence-corrected chi connectivity index (χ2v) is 5.42. The minimum atomic E-state index is 0.538. The van der Waals surface area contributed by atoms with Gasteiger partial charge in [-0.25, -0.2) is 0 Å². The van der Waals surface area contributed by atoms with E-state index in [2.05, 4.69) is 22.2 Å². The first-order chi connectivity index (χ1) is 8.72. The smallest absolute Gasteiger partial charge is 0.175 e. The van der Waals surface area contributed by atoms with Crippen LogP contribution >= 0.6 is 27.7 Å². The first-order valence-electron chi connectivity index (χ1n) is 5.76. The Labute approximate surface area is 120 Å². The third kappa shape index (κ3) is 4.53. The number of benzene rings is 1. The molecular weight excluding hydrogens is 316 g/mol. The quantitative estimate of drug-likeness (QED) is 0.536. The summed E-state index contributed by atoms with van der Waals surface area (Å²) in [4.78, 5) is 10.8. The Morgan fingerprint density at radius 3 is 2.78 bits per heavy atom. The largest absolute Gasteiger partial charge is 0.490 e.